The van der Waals surface area contributed by atoms with Crippen molar-refractivity contribution in [2.75, 3.05) is 13.2 Å². The van der Waals surface area contributed by atoms with Crippen molar-refractivity contribution in [2.45, 2.75) is 31.6 Å². The van der Waals surface area contributed by atoms with Gasteiger partial charge in [-0.15, -0.1) is 0 Å². The zero-order valence-electron chi connectivity index (χ0n) is 10.2. The number of rotatable bonds is 3. The standard InChI is InChI=1S/C14H17NO3/c16-13-8-10-4-1-2-6-12(10)14(15-13)18-9-11-5-3-7-17-11/h1-2,4,6,11,14H,3,5,7-9H2,(H,15,16). The molecular formula is C14H17NO3. The summed E-state index contributed by atoms with van der Waals surface area (Å²) in [6, 6.07) is 7.92. The average molecular weight is 247 g/mol. The Morgan fingerprint density at radius 3 is 3.11 bits per heavy atom. The van der Waals surface area contributed by atoms with Gasteiger partial charge in [0.25, 0.3) is 0 Å². The molecule has 0 aliphatic carbocycles. The Morgan fingerprint density at radius 2 is 2.28 bits per heavy atom. The average Bonchev–Trinajstić information content (AvgIpc) is 2.89. The van der Waals surface area contributed by atoms with Gasteiger partial charge in [-0.25, -0.2) is 0 Å². The molecule has 18 heavy (non-hydrogen) atoms. The second-order valence-corrected chi connectivity index (χ2v) is 4.79. The zero-order chi connectivity index (χ0) is 12.4. The molecule has 4 nitrogen and oxygen atoms in total. The highest BCUT2D eigenvalue weighted by Crippen LogP contribution is 2.25. The summed E-state index contributed by atoms with van der Waals surface area (Å²) in [5.41, 5.74) is 2.12. The number of carbonyl (C=O) groups excluding carboxylic acids is 1. The lowest BCUT2D eigenvalue weighted by atomic mass is 9.99. The van der Waals surface area contributed by atoms with Gasteiger partial charge in [0.05, 0.1) is 19.1 Å². The lowest BCUT2D eigenvalue weighted by molar-refractivity contribution is -0.127. The molecule has 0 spiro atoms. The Bertz CT molecular complexity index is 440. The van der Waals surface area contributed by atoms with Gasteiger partial charge in [0.1, 0.15) is 0 Å². The number of fused-ring (bicyclic) bond motifs is 1. The van der Waals surface area contributed by atoms with Crippen LogP contribution in [0.1, 0.15) is 30.2 Å². The third-order valence-electron chi connectivity index (χ3n) is 3.45. The highest BCUT2D eigenvalue weighted by atomic mass is 16.5. The van der Waals surface area contributed by atoms with Crippen LogP contribution in [0.15, 0.2) is 24.3 Å². The molecule has 1 aromatic rings. The van der Waals surface area contributed by atoms with E-state index in [-0.39, 0.29) is 18.2 Å². The SMILES string of the molecule is O=C1Cc2ccccc2C(OCC2CCCO2)N1. The van der Waals surface area contributed by atoms with Gasteiger partial charge in [-0.05, 0) is 18.4 Å². The Balaban J connectivity index is 1.69. The molecule has 2 heterocycles. The van der Waals surface area contributed by atoms with Crippen LogP contribution in [0.2, 0.25) is 0 Å². The van der Waals surface area contributed by atoms with E-state index in [0.717, 1.165) is 30.6 Å². The Kier molecular flexibility index (Phi) is 3.30. The van der Waals surface area contributed by atoms with Gasteiger partial charge in [0, 0.05) is 12.2 Å². The third-order valence-corrected chi connectivity index (χ3v) is 3.45. The number of nitrogens with one attached hydrogen (secondary N) is 1. The minimum atomic E-state index is -0.327. The molecule has 1 N–H and O–H groups in total. The van der Waals surface area contributed by atoms with Crippen LogP contribution in [0.5, 0.6) is 0 Å². The normalized spacial score (nSPS) is 26.8. The molecule has 1 amide bonds. The number of carbonyl (C=O) groups is 1. The van der Waals surface area contributed by atoms with E-state index in [1.165, 1.54) is 0 Å². The first-order valence-electron chi connectivity index (χ1n) is 6.43. The van der Waals surface area contributed by atoms with Gasteiger partial charge in [0.15, 0.2) is 6.23 Å². The maximum Gasteiger partial charge on any atom is 0.226 e. The van der Waals surface area contributed by atoms with Gasteiger partial charge in [-0.1, -0.05) is 24.3 Å². The first-order valence-corrected chi connectivity index (χ1v) is 6.43. The van der Waals surface area contributed by atoms with Crippen LogP contribution in [0.25, 0.3) is 0 Å². The lowest BCUT2D eigenvalue weighted by Crippen LogP contribution is -2.37. The molecule has 2 atom stereocenters. The van der Waals surface area contributed by atoms with Crippen LogP contribution >= 0.6 is 0 Å². The zero-order valence-corrected chi connectivity index (χ0v) is 10.2. The molecule has 0 bridgehead atoms. The topological polar surface area (TPSA) is 47.6 Å². The molecule has 4 heteroatoms. The van der Waals surface area contributed by atoms with Crippen molar-refractivity contribution in [2.24, 2.45) is 0 Å². The molecule has 0 saturated carbocycles. The summed E-state index contributed by atoms with van der Waals surface area (Å²) in [4.78, 5) is 11.6. The van der Waals surface area contributed by atoms with Crippen LogP contribution in [-0.4, -0.2) is 25.2 Å². The van der Waals surface area contributed by atoms with E-state index in [4.69, 9.17) is 9.47 Å². The van der Waals surface area contributed by atoms with Gasteiger partial charge < -0.3 is 14.8 Å². The molecule has 1 saturated heterocycles. The Morgan fingerprint density at radius 1 is 1.39 bits per heavy atom. The van der Waals surface area contributed by atoms with Crippen molar-refractivity contribution < 1.29 is 14.3 Å². The van der Waals surface area contributed by atoms with E-state index < -0.39 is 0 Å². The Hall–Kier alpha value is -1.39. The molecule has 0 radical (unpaired) electrons. The lowest BCUT2D eigenvalue weighted by Gasteiger charge is -2.27. The van der Waals surface area contributed by atoms with E-state index in [1.807, 2.05) is 24.3 Å². The second kappa shape index (κ2) is 5.08. The summed E-state index contributed by atoms with van der Waals surface area (Å²) in [5, 5.41) is 2.88. The smallest absolute Gasteiger partial charge is 0.226 e. The molecule has 1 fully saturated rings. The Labute approximate surface area is 106 Å². The number of ether oxygens (including phenoxy) is 2. The predicted octanol–water partition coefficient (Wildman–Crippen LogP) is 1.55. The first kappa shape index (κ1) is 11.7. The van der Waals surface area contributed by atoms with Crippen LogP contribution in [0, 0.1) is 0 Å². The monoisotopic (exact) mass is 247 g/mol. The molecule has 3 rings (SSSR count). The summed E-state index contributed by atoms with van der Waals surface area (Å²) in [6.45, 7) is 1.36. The van der Waals surface area contributed by atoms with E-state index in [1.54, 1.807) is 0 Å². The number of hydrogen-bond acceptors (Lipinski definition) is 3. The first-order chi connectivity index (χ1) is 8.83. The maximum atomic E-state index is 11.6. The fraction of sp³-hybridized carbons (Fsp3) is 0.500. The summed E-state index contributed by atoms with van der Waals surface area (Å²) in [5.74, 6) is 0.0195. The highest BCUT2D eigenvalue weighted by Gasteiger charge is 2.26. The predicted molar refractivity (Wildman–Crippen MR) is 66.0 cm³/mol. The van der Waals surface area contributed by atoms with Crippen molar-refractivity contribution in [3.63, 3.8) is 0 Å². The largest absolute Gasteiger partial charge is 0.376 e. The number of amides is 1. The van der Waals surface area contributed by atoms with E-state index in [2.05, 4.69) is 5.32 Å². The van der Waals surface area contributed by atoms with Crippen molar-refractivity contribution in [1.29, 1.82) is 0 Å². The van der Waals surface area contributed by atoms with Crippen molar-refractivity contribution >= 4 is 5.91 Å². The van der Waals surface area contributed by atoms with Gasteiger partial charge in [0.2, 0.25) is 5.91 Å². The van der Waals surface area contributed by atoms with E-state index in [9.17, 15) is 4.79 Å². The molecule has 96 valence electrons. The third kappa shape index (κ3) is 2.40. The summed E-state index contributed by atoms with van der Waals surface area (Å²) in [7, 11) is 0. The van der Waals surface area contributed by atoms with Crippen molar-refractivity contribution in [3.8, 4) is 0 Å². The molecule has 2 aliphatic rings. The minimum Gasteiger partial charge on any atom is -0.376 e. The van der Waals surface area contributed by atoms with Crippen molar-refractivity contribution in [1.82, 2.24) is 5.32 Å². The van der Waals surface area contributed by atoms with Gasteiger partial charge in [-0.2, -0.15) is 0 Å². The summed E-state index contributed by atoms with van der Waals surface area (Å²) in [6.07, 6.45) is 2.43. The fourth-order valence-corrected chi connectivity index (χ4v) is 2.51. The minimum absolute atomic E-state index is 0.0195. The molecule has 1 aromatic carbocycles. The van der Waals surface area contributed by atoms with Gasteiger partial charge >= 0.3 is 0 Å². The fourth-order valence-electron chi connectivity index (χ4n) is 2.51. The summed E-state index contributed by atoms with van der Waals surface area (Å²) < 4.78 is 11.3. The van der Waals surface area contributed by atoms with Crippen LogP contribution < -0.4 is 5.32 Å². The molecule has 2 aliphatic heterocycles. The molecule has 2 unspecified atom stereocenters. The van der Waals surface area contributed by atoms with Crippen LogP contribution in [-0.2, 0) is 20.7 Å². The van der Waals surface area contributed by atoms with Crippen molar-refractivity contribution in [3.05, 3.63) is 35.4 Å². The van der Waals surface area contributed by atoms with E-state index in [0.29, 0.717) is 13.0 Å². The maximum absolute atomic E-state index is 11.6. The van der Waals surface area contributed by atoms with E-state index >= 15 is 0 Å². The van der Waals surface area contributed by atoms with Crippen LogP contribution in [0.4, 0.5) is 0 Å². The second-order valence-electron chi connectivity index (χ2n) is 4.79. The number of benzene rings is 1. The molecular weight excluding hydrogens is 230 g/mol. The quantitative estimate of drug-likeness (QED) is 0.881. The number of hydrogen-bond donors (Lipinski definition) is 1. The highest BCUT2D eigenvalue weighted by molar-refractivity contribution is 5.81. The van der Waals surface area contributed by atoms with Gasteiger partial charge in [-0.3, -0.25) is 4.79 Å². The summed E-state index contributed by atoms with van der Waals surface area (Å²) >= 11 is 0. The molecule has 0 aromatic heterocycles. The van der Waals surface area contributed by atoms with Crippen LogP contribution in [0.3, 0.4) is 0 Å².